The van der Waals surface area contributed by atoms with Crippen LogP contribution in [-0.4, -0.2) is 20.1 Å². The molecule has 24 heavy (non-hydrogen) atoms. The van der Waals surface area contributed by atoms with Crippen molar-refractivity contribution in [3.8, 4) is 11.5 Å². The first-order valence-corrected chi connectivity index (χ1v) is 7.82. The fraction of sp³-hybridized carbons (Fsp3) is 0.250. The predicted octanol–water partition coefficient (Wildman–Crippen LogP) is 3.92. The number of allylic oxidation sites excluding steroid dienone is 1. The molecular formula is C20H23NO3. The molecule has 4 heteroatoms. The summed E-state index contributed by atoms with van der Waals surface area (Å²) in [7, 11) is 3.14. The van der Waals surface area contributed by atoms with Gasteiger partial charge in [0.05, 0.1) is 20.3 Å². The van der Waals surface area contributed by atoms with Gasteiger partial charge in [-0.1, -0.05) is 36.4 Å². The number of carbonyl (C=O) groups is 1. The van der Waals surface area contributed by atoms with Gasteiger partial charge in [-0.2, -0.15) is 0 Å². The lowest BCUT2D eigenvalue weighted by atomic mass is 10.0. The van der Waals surface area contributed by atoms with Crippen LogP contribution in [0, 0.1) is 0 Å². The zero-order valence-electron chi connectivity index (χ0n) is 14.3. The third-order valence-electron chi connectivity index (χ3n) is 3.83. The molecule has 0 aliphatic carbocycles. The maximum atomic E-state index is 12.6. The highest BCUT2D eigenvalue weighted by Gasteiger charge is 2.17. The van der Waals surface area contributed by atoms with E-state index in [1.54, 1.807) is 26.4 Å². The fourth-order valence-electron chi connectivity index (χ4n) is 2.59. The lowest BCUT2D eigenvalue weighted by Gasteiger charge is -2.17. The van der Waals surface area contributed by atoms with Crippen LogP contribution in [0.4, 0.5) is 0 Å². The number of carbonyl (C=O) groups excluding carboxylic acids is 1. The van der Waals surface area contributed by atoms with Gasteiger partial charge >= 0.3 is 0 Å². The van der Waals surface area contributed by atoms with Gasteiger partial charge in [-0.15, -0.1) is 6.58 Å². The molecule has 0 spiro atoms. The average Bonchev–Trinajstić information content (AvgIpc) is 2.61. The van der Waals surface area contributed by atoms with Crippen molar-refractivity contribution in [2.45, 2.75) is 19.4 Å². The van der Waals surface area contributed by atoms with Crippen molar-refractivity contribution >= 4 is 5.91 Å². The third kappa shape index (κ3) is 3.96. The minimum Gasteiger partial charge on any atom is -0.493 e. The first kappa shape index (κ1) is 17.6. The van der Waals surface area contributed by atoms with E-state index in [1.807, 2.05) is 43.3 Å². The van der Waals surface area contributed by atoms with Crippen molar-refractivity contribution in [2.75, 3.05) is 14.2 Å². The molecule has 126 valence electrons. The van der Waals surface area contributed by atoms with Gasteiger partial charge < -0.3 is 14.8 Å². The van der Waals surface area contributed by atoms with Gasteiger partial charge in [0, 0.05) is 11.1 Å². The van der Waals surface area contributed by atoms with E-state index >= 15 is 0 Å². The molecule has 0 saturated heterocycles. The maximum absolute atomic E-state index is 12.6. The summed E-state index contributed by atoms with van der Waals surface area (Å²) in [4.78, 5) is 12.6. The van der Waals surface area contributed by atoms with Crippen LogP contribution in [0.3, 0.4) is 0 Å². The highest BCUT2D eigenvalue weighted by atomic mass is 16.5. The van der Waals surface area contributed by atoms with Crippen molar-refractivity contribution in [2.24, 2.45) is 0 Å². The van der Waals surface area contributed by atoms with Crippen molar-refractivity contribution < 1.29 is 14.3 Å². The quantitative estimate of drug-likeness (QED) is 0.785. The summed E-state index contributed by atoms with van der Waals surface area (Å²) in [6, 6.07) is 13.3. The largest absolute Gasteiger partial charge is 0.493 e. The van der Waals surface area contributed by atoms with E-state index in [-0.39, 0.29) is 11.9 Å². The molecule has 0 heterocycles. The summed E-state index contributed by atoms with van der Waals surface area (Å²) in [5, 5.41) is 3.01. The Morgan fingerprint density at radius 1 is 1.21 bits per heavy atom. The van der Waals surface area contributed by atoms with Gasteiger partial charge in [0.15, 0.2) is 11.5 Å². The van der Waals surface area contributed by atoms with E-state index in [2.05, 4.69) is 11.9 Å². The second kappa shape index (κ2) is 8.20. The van der Waals surface area contributed by atoms with Crippen LogP contribution in [0.5, 0.6) is 11.5 Å². The van der Waals surface area contributed by atoms with Gasteiger partial charge in [-0.05, 0) is 31.0 Å². The van der Waals surface area contributed by atoms with Crippen LogP contribution >= 0.6 is 0 Å². The normalized spacial score (nSPS) is 11.5. The summed E-state index contributed by atoms with van der Waals surface area (Å²) in [5.74, 6) is 1.01. The Hall–Kier alpha value is -2.75. The number of ether oxygens (including phenoxy) is 2. The van der Waals surface area contributed by atoms with Gasteiger partial charge in [-0.25, -0.2) is 0 Å². The van der Waals surface area contributed by atoms with E-state index in [0.29, 0.717) is 23.5 Å². The summed E-state index contributed by atoms with van der Waals surface area (Å²) < 4.78 is 10.8. The fourth-order valence-corrected chi connectivity index (χ4v) is 2.59. The Bertz CT molecular complexity index is 710. The molecular weight excluding hydrogens is 302 g/mol. The molecule has 0 fully saturated rings. The molecule has 0 radical (unpaired) electrons. The van der Waals surface area contributed by atoms with E-state index < -0.39 is 0 Å². The second-order valence-electron chi connectivity index (χ2n) is 5.47. The molecule has 1 amide bonds. The van der Waals surface area contributed by atoms with E-state index in [0.717, 1.165) is 11.1 Å². The number of nitrogens with one attached hydrogen (secondary N) is 1. The molecule has 0 bridgehead atoms. The predicted molar refractivity (Wildman–Crippen MR) is 95.8 cm³/mol. The van der Waals surface area contributed by atoms with Crippen molar-refractivity contribution in [3.05, 3.63) is 71.8 Å². The standard InChI is InChI=1S/C20H23NO3/c1-5-9-16-12-17(13-18(23-3)19(16)24-4)20(22)21-14(2)15-10-7-6-8-11-15/h5-8,10-14H,1,9H2,2-4H3,(H,21,22)/t14-/m1/s1. The number of rotatable bonds is 7. The van der Waals surface area contributed by atoms with E-state index in [9.17, 15) is 4.79 Å². The van der Waals surface area contributed by atoms with Gasteiger partial charge in [0.1, 0.15) is 0 Å². The lowest BCUT2D eigenvalue weighted by molar-refractivity contribution is 0.0939. The molecule has 0 saturated carbocycles. The van der Waals surface area contributed by atoms with Crippen LogP contribution < -0.4 is 14.8 Å². The van der Waals surface area contributed by atoms with Crippen molar-refractivity contribution in [1.82, 2.24) is 5.32 Å². The maximum Gasteiger partial charge on any atom is 0.251 e. The first-order chi connectivity index (χ1) is 11.6. The second-order valence-corrected chi connectivity index (χ2v) is 5.47. The van der Waals surface area contributed by atoms with Crippen LogP contribution in [0.25, 0.3) is 0 Å². The molecule has 2 aromatic carbocycles. The van der Waals surface area contributed by atoms with E-state index in [4.69, 9.17) is 9.47 Å². The summed E-state index contributed by atoms with van der Waals surface area (Å²) in [6.07, 6.45) is 2.36. The Morgan fingerprint density at radius 2 is 1.92 bits per heavy atom. The SMILES string of the molecule is C=CCc1cc(C(=O)N[C@H](C)c2ccccc2)cc(OC)c1OC. The molecule has 1 N–H and O–H groups in total. The number of amides is 1. The van der Waals surface area contributed by atoms with Crippen LogP contribution in [0.15, 0.2) is 55.1 Å². The Morgan fingerprint density at radius 3 is 2.50 bits per heavy atom. The molecule has 1 atom stereocenters. The number of hydrogen-bond donors (Lipinski definition) is 1. The minimum atomic E-state index is -0.155. The summed E-state index contributed by atoms with van der Waals surface area (Å²) in [5.41, 5.74) is 2.45. The van der Waals surface area contributed by atoms with Crippen LogP contribution in [-0.2, 0) is 6.42 Å². The molecule has 0 aromatic heterocycles. The number of benzene rings is 2. The van der Waals surface area contributed by atoms with Gasteiger partial charge in [-0.3, -0.25) is 4.79 Å². The molecule has 0 aliphatic heterocycles. The molecule has 2 aromatic rings. The molecule has 4 nitrogen and oxygen atoms in total. The van der Waals surface area contributed by atoms with Crippen LogP contribution in [0.2, 0.25) is 0 Å². The van der Waals surface area contributed by atoms with Gasteiger partial charge in [0.2, 0.25) is 0 Å². The zero-order valence-corrected chi connectivity index (χ0v) is 14.3. The monoisotopic (exact) mass is 325 g/mol. The van der Waals surface area contributed by atoms with Crippen molar-refractivity contribution in [1.29, 1.82) is 0 Å². The highest BCUT2D eigenvalue weighted by Crippen LogP contribution is 2.33. The Kier molecular flexibility index (Phi) is 6.01. The van der Waals surface area contributed by atoms with Crippen molar-refractivity contribution in [3.63, 3.8) is 0 Å². The van der Waals surface area contributed by atoms with E-state index in [1.165, 1.54) is 0 Å². The molecule has 0 aliphatic rings. The topological polar surface area (TPSA) is 47.6 Å². The molecule has 0 unspecified atom stereocenters. The smallest absolute Gasteiger partial charge is 0.251 e. The minimum absolute atomic E-state index is 0.0883. The first-order valence-electron chi connectivity index (χ1n) is 7.82. The average molecular weight is 325 g/mol. The summed E-state index contributed by atoms with van der Waals surface area (Å²) in [6.45, 7) is 5.71. The Labute approximate surface area is 143 Å². The number of methoxy groups -OCH3 is 2. The molecule has 2 rings (SSSR count). The zero-order chi connectivity index (χ0) is 17.5. The Balaban J connectivity index is 2.28. The third-order valence-corrected chi connectivity index (χ3v) is 3.83. The van der Waals surface area contributed by atoms with Gasteiger partial charge in [0.25, 0.3) is 5.91 Å². The number of hydrogen-bond acceptors (Lipinski definition) is 3. The summed E-state index contributed by atoms with van der Waals surface area (Å²) >= 11 is 0. The van der Waals surface area contributed by atoms with Crippen LogP contribution in [0.1, 0.15) is 34.5 Å². The highest BCUT2D eigenvalue weighted by molar-refractivity contribution is 5.95. The lowest BCUT2D eigenvalue weighted by Crippen LogP contribution is -2.26.